The van der Waals surface area contributed by atoms with E-state index in [0.717, 1.165) is 52.2 Å². The molecule has 0 aliphatic carbocycles. The molecule has 3 rings (SSSR count). The van der Waals surface area contributed by atoms with Gasteiger partial charge in [0, 0.05) is 25.2 Å². The highest BCUT2D eigenvalue weighted by atomic mass is 35.5. The third-order valence-corrected chi connectivity index (χ3v) is 4.91. The van der Waals surface area contributed by atoms with Gasteiger partial charge in [-0.05, 0) is 39.8 Å². The quantitative estimate of drug-likeness (QED) is 0.752. The van der Waals surface area contributed by atoms with Crippen LogP contribution in [0, 0.1) is 0 Å². The summed E-state index contributed by atoms with van der Waals surface area (Å²) in [6, 6.07) is 0.342. The van der Waals surface area contributed by atoms with Gasteiger partial charge < -0.3 is 15.4 Å². The second-order valence-corrected chi connectivity index (χ2v) is 7.17. The average Bonchev–Trinajstić information content (AvgIpc) is 3.07. The van der Waals surface area contributed by atoms with Gasteiger partial charge in [-0.2, -0.15) is 0 Å². The molecule has 2 saturated heterocycles. The molecule has 0 spiro atoms. The van der Waals surface area contributed by atoms with Gasteiger partial charge in [0.1, 0.15) is 0 Å². The van der Waals surface area contributed by atoms with Crippen LogP contribution in [0.25, 0.3) is 0 Å². The highest BCUT2D eigenvalue weighted by molar-refractivity contribution is 5.91. The molecule has 0 bridgehead atoms. The van der Waals surface area contributed by atoms with Crippen molar-refractivity contribution in [2.45, 2.75) is 38.3 Å². The van der Waals surface area contributed by atoms with Gasteiger partial charge in [0.05, 0.1) is 25.5 Å². The molecule has 0 aromatic carbocycles. The normalized spacial score (nSPS) is 20.7. The van der Waals surface area contributed by atoms with Crippen molar-refractivity contribution >= 4 is 30.7 Å². The summed E-state index contributed by atoms with van der Waals surface area (Å²) in [4.78, 5) is 14.6. The van der Waals surface area contributed by atoms with Crippen molar-refractivity contribution in [1.29, 1.82) is 0 Å². The van der Waals surface area contributed by atoms with Crippen LogP contribution < -0.4 is 10.6 Å². The Morgan fingerprint density at radius 3 is 2.81 bits per heavy atom. The molecule has 26 heavy (non-hydrogen) atoms. The average molecular weight is 409 g/mol. The third-order valence-electron chi connectivity index (χ3n) is 4.91. The molecule has 3 heterocycles. The standard InChI is InChI=1S/C16H28N6O2.2ClH/c1-16(2)12-24-10-9-21(16)8-7-18-15(23)14-11-22(20-19-14)13-3-5-17-6-4-13;;/h11,13,17H,3-10,12H2,1-2H3,(H,18,23);2*1H. The molecule has 0 radical (unpaired) electrons. The van der Waals surface area contributed by atoms with E-state index in [2.05, 4.69) is 39.7 Å². The zero-order chi connectivity index (χ0) is 17.0. The van der Waals surface area contributed by atoms with Crippen LogP contribution in [0.5, 0.6) is 0 Å². The number of carbonyl (C=O) groups excluding carboxylic acids is 1. The molecule has 0 atom stereocenters. The molecule has 8 nitrogen and oxygen atoms in total. The number of nitrogens with one attached hydrogen (secondary N) is 2. The Hall–Kier alpha value is -0.930. The number of halogens is 2. The Balaban J connectivity index is 0.00000169. The van der Waals surface area contributed by atoms with Gasteiger partial charge in [0.2, 0.25) is 0 Å². The number of hydrogen-bond acceptors (Lipinski definition) is 6. The van der Waals surface area contributed by atoms with Crippen molar-refractivity contribution < 1.29 is 9.53 Å². The summed E-state index contributed by atoms with van der Waals surface area (Å²) < 4.78 is 7.35. The number of hydrogen-bond donors (Lipinski definition) is 2. The van der Waals surface area contributed by atoms with E-state index in [1.54, 1.807) is 6.20 Å². The number of nitrogens with zero attached hydrogens (tertiary/aromatic N) is 4. The first-order chi connectivity index (χ1) is 11.6. The summed E-state index contributed by atoms with van der Waals surface area (Å²) >= 11 is 0. The Bertz CT molecular complexity index is 563. The van der Waals surface area contributed by atoms with Crippen LogP contribution in [0.3, 0.4) is 0 Å². The second kappa shape index (κ2) is 10.4. The summed E-state index contributed by atoms with van der Waals surface area (Å²) in [5.74, 6) is -0.152. The highest BCUT2D eigenvalue weighted by Gasteiger charge is 2.30. The lowest BCUT2D eigenvalue weighted by atomic mass is 10.0. The predicted octanol–water partition coefficient (Wildman–Crippen LogP) is 0.887. The first kappa shape index (κ1) is 23.1. The second-order valence-electron chi connectivity index (χ2n) is 7.17. The van der Waals surface area contributed by atoms with Crippen molar-refractivity contribution in [3.8, 4) is 0 Å². The van der Waals surface area contributed by atoms with E-state index in [0.29, 0.717) is 18.3 Å². The third kappa shape index (κ3) is 5.79. The maximum absolute atomic E-state index is 12.3. The monoisotopic (exact) mass is 408 g/mol. The van der Waals surface area contributed by atoms with Crippen molar-refractivity contribution in [2.75, 3.05) is 45.9 Å². The lowest BCUT2D eigenvalue weighted by Gasteiger charge is -2.42. The number of amides is 1. The molecule has 150 valence electrons. The fourth-order valence-electron chi connectivity index (χ4n) is 3.33. The zero-order valence-corrected chi connectivity index (χ0v) is 17.1. The van der Waals surface area contributed by atoms with E-state index < -0.39 is 0 Å². The first-order valence-corrected chi connectivity index (χ1v) is 8.80. The largest absolute Gasteiger partial charge is 0.378 e. The summed E-state index contributed by atoms with van der Waals surface area (Å²) in [6.45, 7) is 10.1. The summed E-state index contributed by atoms with van der Waals surface area (Å²) in [5.41, 5.74) is 0.413. The molecule has 0 unspecified atom stereocenters. The van der Waals surface area contributed by atoms with Crippen LogP contribution in [-0.2, 0) is 4.74 Å². The van der Waals surface area contributed by atoms with Gasteiger partial charge in [-0.15, -0.1) is 29.9 Å². The van der Waals surface area contributed by atoms with Gasteiger partial charge >= 0.3 is 0 Å². The molecule has 10 heteroatoms. The van der Waals surface area contributed by atoms with Gasteiger partial charge in [0.25, 0.3) is 5.91 Å². The lowest BCUT2D eigenvalue weighted by Crippen LogP contribution is -2.54. The SMILES string of the molecule is CC1(C)COCCN1CCNC(=O)c1cn(C2CCNCC2)nn1.Cl.Cl. The lowest BCUT2D eigenvalue weighted by molar-refractivity contribution is -0.0498. The fraction of sp³-hybridized carbons (Fsp3) is 0.812. The molecule has 1 aromatic rings. The molecule has 1 amide bonds. The molecule has 2 aliphatic heterocycles. The Morgan fingerprint density at radius 1 is 1.38 bits per heavy atom. The van der Waals surface area contributed by atoms with E-state index in [1.165, 1.54) is 0 Å². The van der Waals surface area contributed by atoms with Gasteiger partial charge in [-0.3, -0.25) is 9.69 Å². The number of aromatic nitrogens is 3. The maximum Gasteiger partial charge on any atom is 0.273 e. The number of morpholine rings is 1. The Labute approximate surface area is 167 Å². The van der Waals surface area contributed by atoms with Crippen molar-refractivity contribution in [2.24, 2.45) is 0 Å². The van der Waals surface area contributed by atoms with Gasteiger partial charge in [-0.1, -0.05) is 5.21 Å². The Morgan fingerprint density at radius 2 is 2.12 bits per heavy atom. The zero-order valence-electron chi connectivity index (χ0n) is 15.4. The molecular weight excluding hydrogens is 379 g/mol. The van der Waals surface area contributed by atoms with Gasteiger partial charge in [-0.25, -0.2) is 4.68 Å². The Kier molecular flexibility index (Phi) is 9.26. The minimum absolute atomic E-state index is 0. The van der Waals surface area contributed by atoms with Crippen LogP contribution >= 0.6 is 24.8 Å². The van der Waals surface area contributed by atoms with Crippen LogP contribution in [-0.4, -0.2) is 77.3 Å². The molecule has 0 saturated carbocycles. The van der Waals surface area contributed by atoms with Gasteiger partial charge in [0.15, 0.2) is 5.69 Å². The predicted molar refractivity (Wildman–Crippen MR) is 104 cm³/mol. The minimum Gasteiger partial charge on any atom is -0.378 e. The van der Waals surface area contributed by atoms with Crippen molar-refractivity contribution in [3.05, 3.63) is 11.9 Å². The first-order valence-electron chi connectivity index (χ1n) is 8.80. The smallest absolute Gasteiger partial charge is 0.273 e. The van der Waals surface area contributed by atoms with E-state index >= 15 is 0 Å². The molecule has 2 aliphatic rings. The number of rotatable bonds is 5. The van der Waals surface area contributed by atoms with Crippen molar-refractivity contribution in [3.63, 3.8) is 0 Å². The summed E-state index contributed by atoms with van der Waals surface area (Å²) in [5, 5.41) is 14.4. The molecule has 1 aromatic heterocycles. The van der Waals surface area contributed by atoms with E-state index in [4.69, 9.17) is 4.74 Å². The van der Waals surface area contributed by atoms with Crippen molar-refractivity contribution in [1.82, 2.24) is 30.5 Å². The topological polar surface area (TPSA) is 84.3 Å². The molecule has 2 fully saturated rings. The molecular formula is C16H30Cl2N6O2. The van der Waals surface area contributed by atoms with E-state index in [9.17, 15) is 4.79 Å². The summed E-state index contributed by atoms with van der Waals surface area (Å²) in [6.07, 6.45) is 3.82. The highest BCUT2D eigenvalue weighted by Crippen LogP contribution is 2.18. The van der Waals surface area contributed by atoms with E-state index in [1.807, 2.05) is 4.68 Å². The number of piperidine rings is 1. The molecule has 2 N–H and O–H groups in total. The van der Waals surface area contributed by atoms with Crippen LogP contribution in [0.2, 0.25) is 0 Å². The number of ether oxygens (including phenoxy) is 1. The number of carbonyl (C=O) groups is 1. The summed E-state index contributed by atoms with van der Waals surface area (Å²) in [7, 11) is 0. The fourth-order valence-corrected chi connectivity index (χ4v) is 3.33. The maximum atomic E-state index is 12.3. The van der Waals surface area contributed by atoms with Crippen LogP contribution in [0.15, 0.2) is 6.20 Å². The van der Waals surface area contributed by atoms with E-state index in [-0.39, 0.29) is 36.3 Å². The minimum atomic E-state index is -0.152. The van der Waals surface area contributed by atoms with Crippen LogP contribution in [0.1, 0.15) is 43.2 Å². The van der Waals surface area contributed by atoms with Crippen LogP contribution in [0.4, 0.5) is 0 Å².